The lowest BCUT2D eigenvalue weighted by atomic mass is 9.94. The Hall–Kier alpha value is -1.49. The van der Waals surface area contributed by atoms with E-state index in [1.807, 2.05) is 7.05 Å². The van der Waals surface area contributed by atoms with Crippen LogP contribution < -0.4 is 5.32 Å². The standard InChI is InChI=1S/C13H16N4S/c1-8-10(12-16-17-13(14-2)18-12)7-9-5-3-4-6-11(9)15-8/h7H,3-6H2,1-2H3,(H,14,17). The molecule has 0 aromatic carbocycles. The highest BCUT2D eigenvalue weighted by molar-refractivity contribution is 7.18. The van der Waals surface area contributed by atoms with Gasteiger partial charge in [-0.05, 0) is 44.2 Å². The molecule has 3 rings (SSSR count). The van der Waals surface area contributed by atoms with Crippen LogP contribution >= 0.6 is 11.3 Å². The average molecular weight is 260 g/mol. The molecule has 2 aromatic rings. The van der Waals surface area contributed by atoms with E-state index < -0.39 is 0 Å². The van der Waals surface area contributed by atoms with E-state index in [-0.39, 0.29) is 0 Å². The Kier molecular flexibility index (Phi) is 2.99. The van der Waals surface area contributed by atoms with Gasteiger partial charge in [-0.3, -0.25) is 4.98 Å². The average Bonchev–Trinajstić information content (AvgIpc) is 2.86. The minimum absolute atomic E-state index is 0.849. The first-order valence-corrected chi connectivity index (χ1v) is 7.10. The molecule has 0 saturated heterocycles. The molecule has 4 nitrogen and oxygen atoms in total. The molecule has 0 amide bonds. The first-order valence-electron chi connectivity index (χ1n) is 6.29. The molecular formula is C13H16N4S. The molecule has 1 aliphatic rings. The summed E-state index contributed by atoms with van der Waals surface area (Å²) in [4.78, 5) is 4.74. The van der Waals surface area contributed by atoms with Gasteiger partial charge in [-0.2, -0.15) is 0 Å². The molecule has 5 heteroatoms. The van der Waals surface area contributed by atoms with Crippen LogP contribution in [-0.2, 0) is 12.8 Å². The van der Waals surface area contributed by atoms with Crippen molar-refractivity contribution in [1.29, 1.82) is 0 Å². The van der Waals surface area contributed by atoms with Crippen molar-refractivity contribution < 1.29 is 0 Å². The molecule has 1 aliphatic carbocycles. The Morgan fingerprint density at radius 2 is 2.06 bits per heavy atom. The van der Waals surface area contributed by atoms with Crippen molar-refractivity contribution >= 4 is 16.5 Å². The number of fused-ring (bicyclic) bond motifs is 1. The molecule has 0 bridgehead atoms. The number of hydrogen-bond donors (Lipinski definition) is 1. The summed E-state index contributed by atoms with van der Waals surface area (Å²) in [6.45, 7) is 2.06. The van der Waals surface area contributed by atoms with Gasteiger partial charge < -0.3 is 5.32 Å². The van der Waals surface area contributed by atoms with Gasteiger partial charge in [-0.25, -0.2) is 0 Å². The zero-order valence-electron chi connectivity index (χ0n) is 10.7. The summed E-state index contributed by atoms with van der Waals surface area (Å²) < 4.78 is 0. The second-order valence-electron chi connectivity index (χ2n) is 4.60. The third kappa shape index (κ3) is 1.99. The van der Waals surface area contributed by atoms with Crippen molar-refractivity contribution in [2.75, 3.05) is 12.4 Å². The van der Waals surface area contributed by atoms with E-state index >= 15 is 0 Å². The van der Waals surface area contributed by atoms with Crippen molar-refractivity contribution in [3.63, 3.8) is 0 Å². The molecule has 0 radical (unpaired) electrons. The first kappa shape index (κ1) is 11.6. The van der Waals surface area contributed by atoms with Gasteiger partial charge in [0.2, 0.25) is 5.13 Å². The zero-order valence-corrected chi connectivity index (χ0v) is 11.5. The Labute approximate surface area is 110 Å². The number of aryl methyl sites for hydroxylation is 3. The highest BCUT2D eigenvalue weighted by Gasteiger charge is 2.16. The predicted molar refractivity (Wildman–Crippen MR) is 74.1 cm³/mol. The lowest BCUT2D eigenvalue weighted by Gasteiger charge is -2.16. The second-order valence-corrected chi connectivity index (χ2v) is 5.57. The number of pyridine rings is 1. The maximum atomic E-state index is 4.74. The third-order valence-electron chi connectivity index (χ3n) is 3.36. The van der Waals surface area contributed by atoms with Gasteiger partial charge >= 0.3 is 0 Å². The van der Waals surface area contributed by atoms with Gasteiger partial charge in [-0.1, -0.05) is 11.3 Å². The van der Waals surface area contributed by atoms with Crippen LogP contribution in [0.1, 0.15) is 29.8 Å². The van der Waals surface area contributed by atoms with Gasteiger partial charge in [0.15, 0.2) is 5.01 Å². The lowest BCUT2D eigenvalue weighted by Crippen LogP contribution is -2.07. The van der Waals surface area contributed by atoms with E-state index in [2.05, 4.69) is 28.5 Å². The molecule has 94 valence electrons. The fourth-order valence-electron chi connectivity index (χ4n) is 2.39. The maximum absolute atomic E-state index is 4.74. The van der Waals surface area contributed by atoms with Crippen LogP contribution in [0.15, 0.2) is 6.07 Å². The number of hydrogen-bond acceptors (Lipinski definition) is 5. The molecular weight excluding hydrogens is 244 g/mol. The van der Waals surface area contributed by atoms with Crippen LogP contribution in [0.4, 0.5) is 5.13 Å². The number of anilines is 1. The SMILES string of the molecule is CNc1nnc(-c2cc3c(nc2C)CCCC3)s1. The van der Waals surface area contributed by atoms with Crippen LogP contribution in [0.2, 0.25) is 0 Å². The fraction of sp³-hybridized carbons (Fsp3) is 0.462. The van der Waals surface area contributed by atoms with E-state index in [0.717, 1.165) is 34.2 Å². The minimum atomic E-state index is 0.849. The summed E-state index contributed by atoms with van der Waals surface area (Å²) >= 11 is 1.58. The summed E-state index contributed by atoms with van der Waals surface area (Å²) in [5.74, 6) is 0. The Morgan fingerprint density at radius 3 is 2.83 bits per heavy atom. The summed E-state index contributed by atoms with van der Waals surface area (Å²) in [6, 6.07) is 2.26. The molecule has 0 fully saturated rings. The second kappa shape index (κ2) is 4.65. The quantitative estimate of drug-likeness (QED) is 0.902. The summed E-state index contributed by atoms with van der Waals surface area (Å²) in [6.07, 6.45) is 4.80. The fourth-order valence-corrected chi connectivity index (χ4v) is 3.15. The largest absolute Gasteiger partial charge is 0.363 e. The maximum Gasteiger partial charge on any atom is 0.205 e. The van der Waals surface area contributed by atoms with Crippen molar-refractivity contribution in [2.24, 2.45) is 0 Å². The van der Waals surface area contributed by atoms with E-state index in [0.29, 0.717) is 0 Å². The number of nitrogens with zero attached hydrogens (tertiary/aromatic N) is 3. The zero-order chi connectivity index (χ0) is 12.5. The van der Waals surface area contributed by atoms with Crippen LogP contribution in [0.5, 0.6) is 0 Å². The smallest absolute Gasteiger partial charge is 0.205 e. The van der Waals surface area contributed by atoms with Gasteiger partial charge in [0, 0.05) is 24.0 Å². The van der Waals surface area contributed by atoms with Crippen LogP contribution in [0.25, 0.3) is 10.6 Å². The predicted octanol–water partition coefficient (Wildman–Crippen LogP) is 2.83. The van der Waals surface area contributed by atoms with Crippen molar-refractivity contribution in [1.82, 2.24) is 15.2 Å². The molecule has 0 unspecified atom stereocenters. The molecule has 0 aliphatic heterocycles. The Morgan fingerprint density at radius 1 is 1.22 bits per heavy atom. The number of nitrogens with one attached hydrogen (secondary N) is 1. The lowest BCUT2D eigenvalue weighted by molar-refractivity contribution is 0.666. The van der Waals surface area contributed by atoms with Crippen LogP contribution in [-0.4, -0.2) is 22.2 Å². The third-order valence-corrected chi connectivity index (χ3v) is 4.33. The topological polar surface area (TPSA) is 50.7 Å². The summed E-state index contributed by atoms with van der Waals surface area (Å²) in [5.41, 5.74) is 4.87. The molecule has 2 heterocycles. The highest BCUT2D eigenvalue weighted by atomic mass is 32.1. The van der Waals surface area contributed by atoms with Crippen LogP contribution in [0.3, 0.4) is 0 Å². The summed E-state index contributed by atoms with van der Waals surface area (Å²) in [5, 5.41) is 13.2. The van der Waals surface area contributed by atoms with Gasteiger partial charge in [-0.15, -0.1) is 10.2 Å². The monoisotopic (exact) mass is 260 g/mol. The Balaban J connectivity index is 2.06. The molecule has 18 heavy (non-hydrogen) atoms. The first-order chi connectivity index (χ1) is 8.78. The van der Waals surface area contributed by atoms with Gasteiger partial charge in [0.25, 0.3) is 0 Å². The van der Waals surface area contributed by atoms with E-state index in [1.165, 1.54) is 24.1 Å². The van der Waals surface area contributed by atoms with Crippen LogP contribution in [0, 0.1) is 6.92 Å². The van der Waals surface area contributed by atoms with E-state index in [1.54, 1.807) is 11.3 Å². The minimum Gasteiger partial charge on any atom is -0.363 e. The van der Waals surface area contributed by atoms with Crippen molar-refractivity contribution in [3.05, 3.63) is 23.0 Å². The summed E-state index contributed by atoms with van der Waals surface area (Å²) in [7, 11) is 1.86. The van der Waals surface area contributed by atoms with Crippen molar-refractivity contribution in [3.8, 4) is 10.6 Å². The molecule has 0 spiro atoms. The van der Waals surface area contributed by atoms with E-state index in [4.69, 9.17) is 4.98 Å². The van der Waals surface area contributed by atoms with E-state index in [9.17, 15) is 0 Å². The molecule has 0 atom stereocenters. The molecule has 1 N–H and O–H groups in total. The number of aromatic nitrogens is 3. The molecule has 0 saturated carbocycles. The van der Waals surface area contributed by atoms with Gasteiger partial charge in [0.1, 0.15) is 0 Å². The van der Waals surface area contributed by atoms with Gasteiger partial charge in [0.05, 0.1) is 0 Å². The Bertz CT molecular complexity index is 576. The highest BCUT2D eigenvalue weighted by Crippen LogP contribution is 2.31. The molecule has 2 aromatic heterocycles. The van der Waals surface area contributed by atoms with Crippen molar-refractivity contribution in [2.45, 2.75) is 32.6 Å². The number of rotatable bonds is 2. The normalized spacial score (nSPS) is 14.3.